The maximum absolute atomic E-state index is 12.1. The Kier molecular flexibility index (Phi) is 4.99. The number of sulfone groups is 1. The van der Waals surface area contributed by atoms with Gasteiger partial charge in [-0.1, -0.05) is 60.1 Å². The van der Waals surface area contributed by atoms with Crippen LogP contribution in [0.25, 0.3) is 0 Å². The molecule has 0 N–H and O–H groups in total. The van der Waals surface area contributed by atoms with Gasteiger partial charge in [-0.05, 0) is 30.5 Å². The monoisotopic (exact) mass is 306 g/mol. The summed E-state index contributed by atoms with van der Waals surface area (Å²) in [4.78, 5) is 0.262. The topological polar surface area (TPSA) is 34.1 Å². The summed E-state index contributed by atoms with van der Waals surface area (Å²) in [6.07, 6.45) is 1.23. The van der Waals surface area contributed by atoms with Crippen LogP contribution in [0.3, 0.4) is 0 Å². The average molecular weight is 307 g/mol. The summed E-state index contributed by atoms with van der Waals surface area (Å²) in [5, 5.41) is 1.49. The zero-order valence-electron chi connectivity index (χ0n) is 10.9. The van der Waals surface area contributed by atoms with Gasteiger partial charge < -0.3 is 0 Å². The van der Waals surface area contributed by atoms with Crippen LogP contribution in [0, 0.1) is 0 Å². The predicted molar refractivity (Wildman–Crippen MR) is 82.3 cm³/mol. The van der Waals surface area contributed by atoms with E-state index in [4.69, 9.17) is 11.6 Å². The van der Waals surface area contributed by atoms with Crippen LogP contribution in [0.2, 0.25) is 0 Å². The summed E-state index contributed by atoms with van der Waals surface area (Å²) in [5.74, 6) is 0. The van der Waals surface area contributed by atoms with E-state index in [1.54, 1.807) is 30.3 Å². The Morgan fingerprint density at radius 3 is 2.10 bits per heavy atom. The van der Waals surface area contributed by atoms with E-state index in [1.807, 2.05) is 30.3 Å². The standard InChI is InChI=1S/C16H15ClO2S/c17-15(12-11-14-7-3-1-4-8-14)13-20(18,19)16-9-5-2-6-10-16/h1-10,13H,11-12H2/b15-13-. The smallest absolute Gasteiger partial charge is 0.200 e. The van der Waals surface area contributed by atoms with Crippen LogP contribution in [-0.4, -0.2) is 8.42 Å². The Balaban J connectivity index is 2.07. The molecule has 0 radical (unpaired) electrons. The molecule has 0 aromatic heterocycles. The molecule has 0 aliphatic carbocycles. The van der Waals surface area contributed by atoms with Crippen molar-refractivity contribution in [1.82, 2.24) is 0 Å². The Hall–Kier alpha value is -1.58. The van der Waals surface area contributed by atoms with Gasteiger partial charge in [0.2, 0.25) is 9.84 Å². The zero-order valence-corrected chi connectivity index (χ0v) is 12.4. The van der Waals surface area contributed by atoms with Crippen LogP contribution in [0.4, 0.5) is 0 Å². The normalized spacial score (nSPS) is 12.3. The van der Waals surface area contributed by atoms with Crippen LogP contribution >= 0.6 is 11.6 Å². The van der Waals surface area contributed by atoms with Gasteiger partial charge in [0.05, 0.1) is 10.3 Å². The molecule has 0 amide bonds. The highest BCUT2D eigenvalue weighted by molar-refractivity contribution is 7.94. The lowest BCUT2D eigenvalue weighted by atomic mass is 10.1. The Labute approximate surface area is 124 Å². The number of halogens is 1. The maximum atomic E-state index is 12.1. The van der Waals surface area contributed by atoms with Crippen molar-refractivity contribution in [3.63, 3.8) is 0 Å². The summed E-state index contributed by atoms with van der Waals surface area (Å²) in [5.41, 5.74) is 1.14. The molecule has 2 rings (SSSR count). The second-order valence-electron chi connectivity index (χ2n) is 4.41. The van der Waals surface area contributed by atoms with Crippen LogP contribution in [0.1, 0.15) is 12.0 Å². The van der Waals surface area contributed by atoms with Crippen molar-refractivity contribution in [3.8, 4) is 0 Å². The molecule has 2 aromatic rings. The molecule has 0 aliphatic heterocycles. The number of aryl methyl sites for hydroxylation is 1. The van der Waals surface area contributed by atoms with Gasteiger partial charge in [0.1, 0.15) is 0 Å². The van der Waals surface area contributed by atoms with E-state index in [9.17, 15) is 8.42 Å². The minimum atomic E-state index is -3.46. The summed E-state index contributed by atoms with van der Waals surface area (Å²) in [6.45, 7) is 0. The molecule has 0 heterocycles. The van der Waals surface area contributed by atoms with Gasteiger partial charge in [0.25, 0.3) is 0 Å². The SMILES string of the molecule is O=S(=O)(/C=C(\Cl)CCc1ccccc1)c1ccccc1. The van der Waals surface area contributed by atoms with E-state index in [0.717, 1.165) is 17.4 Å². The van der Waals surface area contributed by atoms with Crippen molar-refractivity contribution in [3.05, 3.63) is 76.7 Å². The quantitative estimate of drug-likeness (QED) is 0.830. The summed E-state index contributed by atoms with van der Waals surface area (Å²) in [7, 11) is -3.46. The van der Waals surface area contributed by atoms with Crippen molar-refractivity contribution in [2.45, 2.75) is 17.7 Å². The van der Waals surface area contributed by atoms with Crippen LogP contribution in [-0.2, 0) is 16.3 Å². The fourth-order valence-electron chi connectivity index (χ4n) is 1.81. The highest BCUT2D eigenvalue weighted by Crippen LogP contribution is 2.18. The lowest BCUT2D eigenvalue weighted by molar-refractivity contribution is 0.604. The van der Waals surface area contributed by atoms with Gasteiger partial charge in [0, 0.05) is 5.03 Å². The Morgan fingerprint density at radius 2 is 1.50 bits per heavy atom. The first kappa shape index (κ1) is 14.8. The van der Waals surface area contributed by atoms with Gasteiger partial charge in [-0.15, -0.1) is 0 Å². The highest BCUT2D eigenvalue weighted by Gasteiger charge is 2.11. The molecule has 4 heteroatoms. The first-order valence-electron chi connectivity index (χ1n) is 6.28. The molecule has 0 bridgehead atoms. The molecule has 0 saturated heterocycles. The zero-order chi connectivity index (χ0) is 14.4. The van der Waals surface area contributed by atoms with Crippen molar-refractivity contribution in [2.24, 2.45) is 0 Å². The first-order chi connectivity index (χ1) is 9.58. The van der Waals surface area contributed by atoms with Crippen molar-refractivity contribution >= 4 is 21.4 Å². The van der Waals surface area contributed by atoms with Gasteiger partial charge in [-0.25, -0.2) is 8.42 Å². The average Bonchev–Trinajstić information content (AvgIpc) is 2.47. The molecule has 0 spiro atoms. The number of benzene rings is 2. The van der Waals surface area contributed by atoms with E-state index in [-0.39, 0.29) is 4.90 Å². The molecule has 2 aromatic carbocycles. The summed E-state index contributed by atoms with van der Waals surface area (Å²) < 4.78 is 24.2. The van der Waals surface area contributed by atoms with Crippen molar-refractivity contribution in [1.29, 1.82) is 0 Å². The third-order valence-corrected chi connectivity index (χ3v) is 4.80. The first-order valence-corrected chi connectivity index (χ1v) is 8.20. The lowest BCUT2D eigenvalue weighted by Gasteiger charge is -2.02. The van der Waals surface area contributed by atoms with E-state index in [0.29, 0.717) is 11.5 Å². The van der Waals surface area contributed by atoms with Gasteiger partial charge in [-0.3, -0.25) is 0 Å². The highest BCUT2D eigenvalue weighted by atomic mass is 35.5. The maximum Gasteiger partial charge on any atom is 0.200 e. The van der Waals surface area contributed by atoms with Crippen LogP contribution in [0.15, 0.2) is 76.0 Å². The minimum absolute atomic E-state index is 0.262. The fraction of sp³-hybridized carbons (Fsp3) is 0.125. The molecule has 0 saturated carbocycles. The van der Waals surface area contributed by atoms with E-state index in [1.165, 1.54) is 0 Å². The molecule has 0 fully saturated rings. The molecular formula is C16H15ClO2S. The number of hydrogen-bond acceptors (Lipinski definition) is 2. The third kappa shape index (κ3) is 4.22. The number of rotatable bonds is 5. The fourth-order valence-corrected chi connectivity index (χ4v) is 3.39. The number of allylic oxidation sites excluding steroid dienone is 1. The van der Waals surface area contributed by atoms with Gasteiger partial charge >= 0.3 is 0 Å². The molecule has 104 valence electrons. The van der Waals surface area contributed by atoms with Gasteiger partial charge in [-0.2, -0.15) is 0 Å². The second kappa shape index (κ2) is 6.73. The largest absolute Gasteiger partial charge is 0.219 e. The molecule has 20 heavy (non-hydrogen) atoms. The van der Waals surface area contributed by atoms with E-state index in [2.05, 4.69) is 0 Å². The number of hydrogen-bond donors (Lipinski definition) is 0. The van der Waals surface area contributed by atoms with E-state index < -0.39 is 9.84 Å². The van der Waals surface area contributed by atoms with Crippen molar-refractivity contribution < 1.29 is 8.42 Å². The van der Waals surface area contributed by atoms with Gasteiger partial charge in [0.15, 0.2) is 0 Å². The molecule has 0 unspecified atom stereocenters. The predicted octanol–water partition coefficient (Wildman–Crippen LogP) is 4.17. The molecule has 2 nitrogen and oxygen atoms in total. The summed E-state index contributed by atoms with van der Waals surface area (Å²) in [6, 6.07) is 18.1. The lowest BCUT2D eigenvalue weighted by Crippen LogP contribution is -1.97. The van der Waals surface area contributed by atoms with Crippen LogP contribution in [0.5, 0.6) is 0 Å². The summed E-state index contributed by atoms with van der Waals surface area (Å²) >= 11 is 6.05. The Morgan fingerprint density at radius 1 is 0.950 bits per heavy atom. The van der Waals surface area contributed by atoms with E-state index >= 15 is 0 Å². The molecular weight excluding hydrogens is 292 g/mol. The van der Waals surface area contributed by atoms with Crippen molar-refractivity contribution in [2.75, 3.05) is 0 Å². The van der Waals surface area contributed by atoms with Crippen LogP contribution < -0.4 is 0 Å². The molecule has 0 aliphatic rings. The second-order valence-corrected chi connectivity index (χ2v) is 6.69. The molecule has 0 atom stereocenters. The minimum Gasteiger partial charge on any atom is -0.219 e. The Bertz CT molecular complexity index is 677. The third-order valence-electron chi connectivity index (χ3n) is 2.85.